The summed E-state index contributed by atoms with van der Waals surface area (Å²) in [7, 11) is 0. The molecule has 2 heterocycles. The van der Waals surface area contributed by atoms with E-state index >= 15 is 0 Å². The molecule has 3 N–H and O–H groups in total. The van der Waals surface area contributed by atoms with Crippen molar-refractivity contribution < 1.29 is 9.18 Å². The van der Waals surface area contributed by atoms with E-state index in [1.54, 1.807) is 0 Å². The van der Waals surface area contributed by atoms with Crippen LogP contribution in [-0.2, 0) is 0 Å². The lowest BCUT2D eigenvalue weighted by molar-refractivity contribution is 0.0952. The third-order valence-electron chi connectivity index (χ3n) is 5.26. The highest BCUT2D eigenvalue weighted by Gasteiger charge is 2.17. The normalized spacial score (nSPS) is 15.0. The number of hydrogen-bond acceptors (Lipinski definition) is 4. The first-order chi connectivity index (χ1) is 14.1. The Kier molecular flexibility index (Phi) is 5.92. The van der Waals surface area contributed by atoms with Gasteiger partial charge in [0, 0.05) is 38.4 Å². The maximum Gasteiger partial charge on any atom is 0.253 e. The number of rotatable bonds is 6. The summed E-state index contributed by atoms with van der Waals surface area (Å²) < 4.78 is 14.2. The minimum absolute atomic E-state index is 0.267. The van der Waals surface area contributed by atoms with Gasteiger partial charge in [-0.3, -0.25) is 9.69 Å². The lowest BCUT2D eigenvalue weighted by Gasteiger charge is -2.36. The Morgan fingerprint density at radius 2 is 1.86 bits per heavy atom. The molecular formula is C21H24FN5OS. The topological polar surface area (TPSA) is 67.2 Å². The zero-order valence-electron chi connectivity index (χ0n) is 16.1. The lowest BCUT2D eigenvalue weighted by atomic mass is 10.1. The fraction of sp³-hybridized carbons (Fsp3) is 0.333. The number of amides is 1. The van der Waals surface area contributed by atoms with Gasteiger partial charge in [0.1, 0.15) is 5.82 Å². The molecule has 8 heteroatoms. The van der Waals surface area contributed by atoms with E-state index in [9.17, 15) is 9.18 Å². The van der Waals surface area contributed by atoms with Crippen LogP contribution in [0.15, 0.2) is 42.5 Å². The van der Waals surface area contributed by atoms with Crippen molar-refractivity contribution in [3.05, 3.63) is 58.6 Å². The average molecular weight is 414 g/mol. The van der Waals surface area contributed by atoms with Gasteiger partial charge in [0.05, 0.1) is 16.6 Å². The maximum absolute atomic E-state index is 13.8. The van der Waals surface area contributed by atoms with Gasteiger partial charge in [-0.15, -0.1) is 0 Å². The van der Waals surface area contributed by atoms with Crippen LogP contribution in [0, 0.1) is 10.6 Å². The summed E-state index contributed by atoms with van der Waals surface area (Å²) in [5.41, 5.74) is 2.57. The molecule has 3 aromatic rings. The van der Waals surface area contributed by atoms with E-state index in [-0.39, 0.29) is 11.5 Å². The second kappa shape index (κ2) is 8.75. The second-order valence-corrected chi connectivity index (χ2v) is 7.64. The lowest BCUT2D eigenvalue weighted by Crippen LogP contribution is -2.47. The molecule has 1 aromatic heterocycles. The molecule has 2 aromatic carbocycles. The van der Waals surface area contributed by atoms with Gasteiger partial charge in [0.25, 0.3) is 5.91 Å². The first kappa shape index (κ1) is 19.6. The number of nitrogens with one attached hydrogen (secondary N) is 3. The van der Waals surface area contributed by atoms with Gasteiger partial charge >= 0.3 is 0 Å². The molecule has 0 aliphatic carbocycles. The summed E-state index contributed by atoms with van der Waals surface area (Å²) in [6.45, 7) is 5.49. The predicted molar refractivity (Wildman–Crippen MR) is 115 cm³/mol. The Morgan fingerprint density at radius 1 is 1.10 bits per heavy atom. The first-order valence-electron chi connectivity index (χ1n) is 9.82. The van der Waals surface area contributed by atoms with Gasteiger partial charge in [-0.25, -0.2) is 4.39 Å². The fourth-order valence-corrected chi connectivity index (χ4v) is 3.97. The molecule has 0 bridgehead atoms. The number of fused-ring (bicyclic) bond motifs is 1. The molecule has 1 fully saturated rings. The summed E-state index contributed by atoms with van der Waals surface area (Å²) in [5, 5.41) is 2.89. The van der Waals surface area contributed by atoms with Crippen LogP contribution in [0.2, 0.25) is 0 Å². The van der Waals surface area contributed by atoms with E-state index in [1.807, 2.05) is 6.07 Å². The predicted octanol–water partition coefficient (Wildman–Crippen LogP) is 3.31. The minimum Gasteiger partial charge on any atom is -0.369 e. The van der Waals surface area contributed by atoms with Crippen LogP contribution < -0.4 is 10.2 Å². The average Bonchev–Trinajstić information content (AvgIpc) is 3.11. The number of benzene rings is 2. The number of aromatic nitrogens is 2. The molecule has 4 rings (SSSR count). The Morgan fingerprint density at radius 3 is 2.62 bits per heavy atom. The van der Waals surface area contributed by atoms with Gasteiger partial charge in [0.15, 0.2) is 4.77 Å². The quantitative estimate of drug-likeness (QED) is 0.429. The Balaban J connectivity index is 1.24. The van der Waals surface area contributed by atoms with E-state index in [2.05, 4.69) is 49.4 Å². The SMILES string of the molecule is O=C(NCCCN1CCN(c2ccccc2)CC1)c1cc(F)cc2[nH]c(=S)[nH]c12. The molecule has 0 spiro atoms. The molecule has 0 atom stereocenters. The number of anilines is 1. The Hall–Kier alpha value is -2.71. The van der Waals surface area contributed by atoms with E-state index in [0.29, 0.717) is 22.3 Å². The highest BCUT2D eigenvalue weighted by molar-refractivity contribution is 7.71. The van der Waals surface area contributed by atoms with Crippen molar-refractivity contribution in [2.45, 2.75) is 6.42 Å². The third kappa shape index (κ3) is 4.65. The van der Waals surface area contributed by atoms with Crippen LogP contribution in [0.5, 0.6) is 0 Å². The Labute approximate surface area is 173 Å². The van der Waals surface area contributed by atoms with Crippen LogP contribution >= 0.6 is 12.2 Å². The van der Waals surface area contributed by atoms with Crippen LogP contribution in [0.1, 0.15) is 16.8 Å². The number of carbonyl (C=O) groups excluding carboxylic acids is 1. The van der Waals surface area contributed by atoms with E-state index in [0.717, 1.165) is 39.1 Å². The van der Waals surface area contributed by atoms with E-state index in [4.69, 9.17) is 12.2 Å². The van der Waals surface area contributed by atoms with Crippen LogP contribution in [0.25, 0.3) is 11.0 Å². The summed E-state index contributed by atoms with van der Waals surface area (Å²) in [5.74, 6) is -0.766. The molecule has 1 amide bonds. The molecular weight excluding hydrogens is 389 g/mol. The largest absolute Gasteiger partial charge is 0.369 e. The van der Waals surface area contributed by atoms with Gasteiger partial charge in [-0.05, 0) is 49.4 Å². The van der Waals surface area contributed by atoms with Crippen molar-refractivity contribution in [3.8, 4) is 0 Å². The van der Waals surface area contributed by atoms with Crippen LogP contribution in [-0.4, -0.2) is 60.0 Å². The van der Waals surface area contributed by atoms with Crippen LogP contribution in [0.3, 0.4) is 0 Å². The maximum atomic E-state index is 13.8. The zero-order chi connectivity index (χ0) is 20.2. The van der Waals surface area contributed by atoms with E-state index in [1.165, 1.54) is 17.8 Å². The highest BCUT2D eigenvalue weighted by Crippen LogP contribution is 2.18. The monoisotopic (exact) mass is 413 g/mol. The third-order valence-corrected chi connectivity index (χ3v) is 5.47. The number of H-pyrrole nitrogens is 2. The highest BCUT2D eigenvalue weighted by atomic mass is 32.1. The number of aromatic amines is 2. The van der Waals surface area contributed by atoms with E-state index < -0.39 is 5.82 Å². The molecule has 0 saturated carbocycles. The summed E-state index contributed by atoms with van der Waals surface area (Å²) in [6, 6.07) is 13.0. The molecule has 0 radical (unpaired) electrons. The van der Waals surface area contributed by atoms with Crippen LogP contribution in [0.4, 0.5) is 10.1 Å². The Bertz CT molecular complexity index is 1040. The number of piperazine rings is 1. The summed E-state index contributed by atoms with van der Waals surface area (Å²) in [4.78, 5) is 23.1. The molecule has 29 heavy (non-hydrogen) atoms. The minimum atomic E-state index is -0.468. The number of para-hydroxylation sites is 1. The van der Waals surface area contributed by atoms with Crippen molar-refractivity contribution in [2.24, 2.45) is 0 Å². The number of hydrogen-bond donors (Lipinski definition) is 3. The van der Waals surface area contributed by atoms with Gasteiger partial charge in [-0.2, -0.15) is 0 Å². The number of halogens is 1. The fourth-order valence-electron chi connectivity index (χ4n) is 3.75. The molecule has 1 aliphatic rings. The van der Waals surface area contributed by atoms with Crippen molar-refractivity contribution in [2.75, 3.05) is 44.2 Å². The summed E-state index contributed by atoms with van der Waals surface area (Å²) >= 11 is 5.05. The number of carbonyl (C=O) groups is 1. The molecule has 1 saturated heterocycles. The molecule has 152 valence electrons. The number of imidazole rings is 1. The van der Waals surface area contributed by atoms with Crippen molar-refractivity contribution >= 4 is 34.8 Å². The van der Waals surface area contributed by atoms with Crippen molar-refractivity contribution in [1.82, 2.24) is 20.2 Å². The zero-order valence-corrected chi connectivity index (χ0v) is 16.9. The van der Waals surface area contributed by atoms with Gasteiger partial charge < -0.3 is 20.2 Å². The van der Waals surface area contributed by atoms with Crippen molar-refractivity contribution in [1.29, 1.82) is 0 Å². The standard InChI is InChI=1S/C21H24FN5OS/c22-15-13-17(19-18(14-15)24-21(29)25-19)20(28)23-7-4-8-26-9-11-27(12-10-26)16-5-2-1-3-6-16/h1-3,5-6,13-14H,4,7-12H2,(H,23,28)(H2,24,25,29). The molecule has 1 aliphatic heterocycles. The second-order valence-electron chi connectivity index (χ2n) is 7.23. The summed E-state index contributed by atoms with van der Waals surface area (Å²) in [6.07, 6.45) is 0.846. The smallest absolute Gasteiger partial charge is 0.253 e. The van der Waals surface area contributed by atoms with Gasteiger partial charge in [-0.1, -0.05) is 18.2 Å². The molecule has 0 unspecified atom stereocenters. The number of nitrogens with zero attached hydrogens (tertiary/aromatic N) is 2. The molecule has 6 nitrogen and oxygen atoms in total. The van der Waals surface area contributed by atoms with Crippen molar-refractivity contribution in [3.63, 3.8) is 0 Å². The first-order valence-corrected chi connectivity index (χ1v) is 10.2. The van der Waals surface area contributed by atoms with Gasteiger partial charge in [0.2, 0.25) is 0 Å².